The Balaban J connectivity index is 1.79. The second kappa shape index (κ2) is 10.7. The highest BCUT2D eigenvalue weighted by atomic mass is 16.4. The van der Waals surface area contributed by atoms with Gasteiger partial charge in [0, 0.05) is 18.4 Å². The van der Waals surface area contributed by atoms with Crippen LogP contribution in [0.3, 0.4) is 0 Å². The van der Waals surface area contributed by atoms with Crippen LogP contribution in [0.15, 0.2) is 60.7 Å². The number of ketones is 1. The molecule has 2 aromatic rings. The van der Waals surface area contributed by atoms with Crippen LogP contribution >= 0.6 is 0 Å². The molecule has 3 rings (SSSR count). The van der Waals surface area contributed by atoms with Crippen molar-refractivity contribution >= 4 is 23.6 Å². The molecule has 8 nitrogen and oxygen atoms in total. The summed E-state index contributed by atoms with van der Waals surface area (Å²) in [6, 6.07) is 14.4. The number of benzene rings is 2. The Morgan fingerprint density at radius 2 is 1.56 bits per heavy atom. The summed E-state index contributed by atoms with van der Waals surface area (Å²) in [6.07, 6.45) is -0.218. The van der Waals surface area contributed by atoms with Gasteiger partial charge in [0.05, 0.1) is 6.04 Å². The van der Waals surface area contributed by atoms with E-state index in [1.165, 1.54) is 0 Å². The quantitative estimate of drug-likeness (QED) is 0.497. The van der Waals surface area contributed by atoms with Crippen molar-refractivity contribution in [3.63, 3.8) is 0 Å². The molecule has 1 aliphatic rings. The lowest BCUT2D eigenvalue weighted by molar-refractivity contribution is -0.146. The topological polar surface area (TPSA) is 133 Å². The number of hydrogen-bond donors (Lipinski definition) is 4. The van der Waals surface area contributed by atoms with Crippen LogP contribution in [0.5, 0.6) is 0 Å². The SMILES string of the molecule is O=C1CCC[C@H]([C@@H](NC(=O)[C@H](O)[C@@H](NC(=O)c2ccccc2)c2ccccc2)C(=O)O)C1. The van der Waals surface area contributed by atoms with Crippen LogP contribution in [-0.2, 0) is 14.4 Å². The van der Waals surface area contributed by atoms with Crippen molar-refractivity contribution in [2.45, 2.75) is 43.9 Å². The van der Waals surface area contributed by atoms with Crippen molar-refractivity contribution in [3.05, 3.63) is 71.8 Å². The van der Waals surface area contributed by atoms with Crippen molar-refractivity contribution in [2.24, 2.45) is 5.92 Å². The number of amides is 2. The van der Waals surface area contributed by atoms with Gasteiger partial charge in [-0.1, -0.05) is 48.5 Å². The van der Waals surface area contributed by atoms with E-state index in [2.05, 4.69) is 10.6 Å². The molecule has 0 bridgehead atoms. The van der Waals surface area contributed by atoms with Gasteiger partial charge in [0.25, 0.3) is 11.8 Å². The van der Waals surface area contributed by atoms with Crippen molar-refractivity contribution < 1.29 is 29.4 Å². The van der Waals surface area contributed by atoms with Crippen molar-refractivity contribution in [1.82, 2.24) is 10.6 Å². The summed E-state index contributed by atoms with van der Waals surface area (Å²) in [5.74, 6) is -3.27. The van der Waals surface area contributed by atoms with Crippen LogP contribution in [0.4, 0.5) is 0 Å². The highest BCUT2D eigenvalue weighted by molar-refractivity contribution is 5.95. The van der Waals surface area contributed by atoms with Gasteiger partial charge in [-0.3, -0.25) is 14.4 Å². The van der Waals surface area contributed by atoms with E-state index in [1.807, 2.05) is 0 Å². The molecule has 1 saturated carbocycles. The minimum Gasteiger partial charge on any atom is -0.480 e. The first-order chi connectivity index (χ1) is 15.4. The number of aliphatic hydroxyl groups is 1. The van der Waals surface area contributed by atoms with E-state index in [4.69, 9.17) is 0 Å². The summed E-state index contributed by atoms with van der Waals surface area (Å²) in [5, 5.41) is 25.5. The van der Waals surface area contributed by atoms with Gasteiger partial charge < -0.3 is 20.8 Å². The zero-order valence-electron chi connectivity index (χ0n) is 17.4. The highest BCUT2D eigenvalue weighted by Crippen LogP contribution is 2.25. The van der Waals surface area contributed by atoms with Gasteiger partial charge in [-0.05, 0) is 36.5 Å². The molecule has 1 aliphatic carbocycles. The zero-order chi connectivity index (χ0) is 23.1. The maximum absolute atomic E-state index is 12.9. The average Bonchev–Trinajstić information content (AvgIpc) is 2.81. The number of aliphatic carboxylic acids is 1. The van der Waals surface area contributed by atoms with E-state index in [0.717, 1.165) is 0 Å². The van der Waals surface area contributed by atoms with E-state index < -0.39 is 41.9 Å². The molecule has 4 N–H and O–H groups in total. The molecular formula is C24H26N2O6. The standard InChI is InChI=1S/C24H26N2O6/c27-18-13-7-12-17(14-18)20(24(31)32)26-23(30)21(28)19(15-8-3-1-4-9-15)25-22(29)16-10-5-2-6-11-16/h1-6,8-11,17,19-21,28H,7,12-14H2,(H,25,29)(H,26,30)(H,31,32)/t17-,19-,20+,21+/m0/s1. The molecule has 0 saturated heterocycles. The molecule has 4 atom stereocenters. The van der Waals surface area contributed by atoms with Gasteiger partial charge in [-0.25, -0.2) is 4.79 Å². The fourth-order valence-corrected chi connectivity index (χ4v) is 3.93. The Morgan fingerprint density at radius 1 is 0.938 bits per heavy atom. The Bertz CT molecular complexity index is 963. The predicted octanol–water partition coefficient (Wildman–Crippen LogP) is 1.85. The Morgan fingerprint density at radius 3 is 2.16 bits per heavy atom. The minimum atomic E-state index is -1.74. The molecule has 168 valence electrons. The van der Waals surface area contributed by atoms with Gasteiger partial charge in [0.2, 0.25) is 0 Å². The largest absolute Gasteiger partial charge is 0.480 e. The van der Waals surface area contributed by atoms with E-state index in [9.17, 15) is 29.4 Å². The number of carbonyl (C=O) groups is 4. The molecule has 0 heterocycles. The van der Waals surface area contributed by atoms with Gasteiger partial charge in [-0.2, -0.15) is 0 Å². The van der Waals surface area contributed by atoms with Crippen molar-refractivity contribution in [1.29, 1.82) is 0 Å². The number of carbonyl (C=O) groups excluding carboxylic acids is 3. The summed E-state index contributed by atoms with van der Waals surface area (Å²) in [6.45, 7) is 0. The molecule has 2 aromatic carbocycles. The summed E-state index contributed by atoms with van der Waals surface area (Å²) < 4.78 is 0. The van der Waals surface area contributed by atoms with Crippen LogP contribution in [-0.4, -0.2) is 45.9 Å². The average molecular weight is 438 g/mol. The first kappa shape index (κ1) is 23.1. The first-order valence-corrected chi connectivity index (χ1v) is 10.5. The Kier molecular flexibility index (Phi) is 7.72. The summed E-state index contributed by atoms with van der Waals surface area (Å²) >= 11 is 0. The molecule has 0 aliphatic heterocycles. The number of rotatable bonds is 8. The smallest absolute Gasteiger partial charge is 0.326 e. The van der Waals surface area contributed by atoms with Crippen LogP contribution in [0.25, 0.3) is 0 Å². The first-order valence-electron chi connectivity index (χ1n) is 10.5. The third-order valence-electron chi connectivity index (χ3n) is 5.62. The van der Waals surface area contributed by atoms with E-state index in [1.54, 1.807) is 60.7 Å². The van der Waals surface area contributed by atoms with Gasteiger partial charge in [-0.15, -0.1) is 0 Å². The molecule has 1 fully saturated rings. The van der Waals surface area contributed by atoms with Gasteiger partial charge in [0.1, 0.15) is 11.8 Å². The number of carboxylic acids is 1. The van der Waals surface area contributed by atoms with Crippen LogP contribution < -0.4 is 10.6 Å². The predicted molar refractivity (Wildman–Crippen MR) is 116 cm³/mol. The summed E-state index contributed by atoms with van der Waals surface area (Å²) in [5.41, 5.74) is 0.837. The Labute approximate surface area is 185 Å². The molecular weight excluding hydrogens is 412 g/mol. The van der Waals surface area contributed by atoms with Crippen LogP contribution in [0.2, 0.25) is 0 Å². The maximum atomic E-state index is 12.9. The fraction of sp³-hybridized carbons (Fsp3) is 0.333. The lowest BCUT2D eigenvalue weighted by Crippen LogP contribution is -2.53. The number of Topliss-reactive ketones (excluding diaryl/α,β-unsaturated/α-hetero) is 1. The van der Waals surface area contributed by atoms with Crippen molar-refractivity contribution in [3.8, 4) is 0 Å². The highest BCUT2D eigenvalue weighted by Gasteiger charge is 2.37. The Hall–Kier alpha value is -3.52. The lowest BCUT2D eigenvalue weighted by Gasteiger charge is -2.30. The molecule has 0 radical (unpaired) electrons. The molecule has 32 heavy (non-hydrogen) atoms. The number of aliphatic hydroxyl groups excluding tert-OH is 1. The zero-order valence-corrected chi connectivity index (χ0v) is 17.4. The van der Waals surface area contributed by atoms with Gasteiger partial charge >= 0.3 is 5.97 Å². The third-order valence-corrected chi connectivity index (χ3v) is 5.62. The number of hydrogen-bond acceptors (Lipinski definition) is 5. The van der Waals surface area contributed by atoms with E-state index in [0.29, 0.717) is 30.4 Å². The lowest BCUT2D eigenvalue weighted by atomic mass is 9.83. The van der Waals surface area contributed by atoms with Crippen LogP contribution in [0, 0.1) is 5.92 Å². The fourth-order valence-electron chi connectivity index (χ4n) is 3.93. The summed E-state index contributed by atoms with van der Waals surface area (Å²) in [7, 11) is 0. The second-order valence-electron chi connectivity index (χ2n) is 7.89. The van der Waals surface area contributed by atoms with Crippen LogP contribution in [0.1, 0.15) is 47.6 Å². The van der Waals surface area contributed by atoms with E-state index in [-0.39, 0.29) is 12.2 Å². The molecule has 0 spiro atoms. The monoisotopic (exact) mass is 438 g/mol. The second-order valence-corrected chi connectivity index (χ2v) is 7.89. The molecule has 2 amide bonds. The molecule has 0 aromatic heterocycles. The molecule has 0 unspecified atom stereocenters. The van der Waals surface area contributed by atoms with Crippen molar-refractivity contribution in [2.75, 3.05) is 0 Å². The number of carboxylic acid groups (broad SMARTS) is 1. The minimum absolute atomic E-state index is 0.0421. The summed E-state index contributed by atoms with van der Waals surface area (Å²) in [4.78, 5) is 49.1. The van der Waals surface area contributed by atoms with E-state index >= 15 is 0 Å². The maximum Gasteiger partial charge on any atom is 0.326 e. The molecule has 8 heteroatoms. The van der Waals surface area contributed by atoms with Gasteiger partial charge in [0.15, 0.2) is 6.10 Å². The number of nitrogens with one attached hydrogen (secondary N) is 2. The third kappa shape index (κ3) is 5.79. The normalized spacial score (nSPS) is 18.8.